The van der Waals surface area contributed by atoms with E-state index in [1.54, 1.807) is 0 Å². The Kier molecular flexibility index (Phi) is 6.43. The van der Waals surface area contributed by atoms with Crippen molar-refractivity contribution in [1.29, 1.82) is 0 Å². The van der Waals surface area contributed by atoms with Gasteiger partial charge in [-0.15, -0.1) is 4.52 Å². The van der Waals surface area contributed by atoms with Gasteiger partial charge in [0.2, 0.25) is 0 Å². The Hall–Kier alpha value is -1.50. The van der Waals surface area contributed by atoms with Gasteiger partial charge in [-0.05, 0) is 35.0 Å². The molecule has 1 unspecified atom stereocenters. The first-order valence-electron chi connectivity index (χ1n) is 7.00. The molecule has 0 saturated heterocycles. The molecule has 20 heavy (non-hydrogen) atoms. The average Bonchev–Trinajstić information content (AvgIpc) is 2.52. The Labute approximate surface area is 121 Å². The summed E-state index contributed by atoms with van der Waals surface area (Å²) in [4.78, 5) is 0. The lowest BCUT2D eigenvalue weighted by atomic mass is 10.1. The Morgan fingerprint density at radius 1 is 0.800 bits per heavy atom. The lowest BCUT2D eigenvalue weighted by molar-refractivity contribution is 0.318. The van der Waals surface area contributed by atoms with Gasteiger partial charge in [0.05, 0.1) is 0 Å². The SMILES string of the molecule is O=[P+](CCCCc1ccccc1)OCc1ccccc1. The minimum Gasteiger partial charge on any atom is -0.141 e. The summed E-state index contributed by atoms with van der Waals surface area (Å²) in [5.74, 6) is 0. The number of benzene rings is 2. The lowest BCUT2D eigenvalue weighted by Crippen LogP contribution is -1.90. The lowest BCUT2D eigenvalue weighted by Gasteiger charge is -1.98. The van der Waals surface area contributed by atoms with Gasteiger partial charge in [-0.3, -0.25) is 0 Å². The average molecular weight is 287 g/mol. The normalized spacial score (nSPS) is 11.3. The van der Waals surface area contributed by atoms with Gasteiger partial charge in [-0.25, -0.2) is 0 Å². The van der Waals surface area contributed by atoms with Crippen LogP contribution in [-0.2, 0) is 22.1 Å². The van der Waals surface area contributed by atoms with E-state index in [4.69, 9.17) is 4.52 Å². The number of hydrogen-bond acceptors (Lipinski definition) is 2. The van der Waals surface area contributed by atoms with Gasteiger partial charge in [0, 0.05) is 0 Å². The molecule has 0 aliphatic carbocycles. The van der Waals surface area contributed by atoms with Crippen LogP contribution < -0.4 is 0 Å². The molecule has 0 fully saturated rings. The summed E-state index contributed by atoms with van der Waals surface area (Å²) < 4.78 is 17.1. The molecule has 0 bridgehead atoms. The third kappa shape index (κ3) is 5.64. The summed E-state index contributed by atoms with van der Waals surface area (Å²) in [6, 6.07) is 20.3. The van der Waals surface area contributed by atoms with Crippen LogP contribution in [0, 0.1) is 0 Å². The molecule has 2 aromatic carbocycles. The molecule has 2 aromatic rings. The smallest absolute Gasteiger partial charge is 0.141 e. The number of unbranched alkanes of at least 4 members (excludes halogenated alkanes) is 1. The third-order valence-corrected chi connectivity index (χ3v) is 4.22. The van der Waals surface area contributed by atoms with Crippen LogP contribution in [-0.4, -0.2) is 6.16 Å². The zero-order valence-corrected chi connectivity index (χ0v) is 12.5. The molecule has 3 heteroatoms. The fourth-order valence-corrected chi connectivity index (χ4v) is 2.90. The Bertz CT molecular complexity index is 511. The minimum absolute atomic E-state index is 0.439. The van der Waals surface area contributed by atoms with Crippen molar-refractivity contribution in [3.8, 4) is 0 Å². The largest absolute Gasteiger partial charge is 0.508 e. The highest BCUT2D eigenvalue weighted by Gasteiger charge is 2.16. The maximum absolute atomic E-state index is 11.8. The molecular weight excluding hydrogens is 267 g/mol. The zero-order chi connectivity index (χ0) is 14.0. The van der Waals surface area contributed by atoms with Crippen molar-refractivity contribution >= 4 is 8.03 Å². The van der Waals surface area contributed by atoms with Gasteiger partial charge >= 0.3 is 8.03 Å². The quantitative estimate of drug-likeness (QED) is 0.506. The Morgan fingerprint density at radius 2 is 1.40 bits per heavy atom. The summed E-state index contributed by atoms with van der Waals surface area (Å²) in [6.45, 7) is 0.439. The second-order valence-corrected chi connectivity index (χ2v) is 6.13. The molecule has 0 aliphatic rings. The zero-order valence-electron chi connectivity index (χ0n) is 11.6. The first-order valence-corrected chi connectivity index (χ1v) is 8.36. The third-order valence-electron chi connectivity index (χ3n) is 3.12. The van der Waals surface area contributed by atoms with E-state index in [2.05, 4.69) is 24.3 Å². The summed E-state index contributed by atoms with van der Waals surface area (Å²) in [7, 11) is -1.53. The molecule has 2 nitrogen and oxygen atoms in total. The second-order valence-electron chi connectivity index (χ2n) is 4.76. The summed E-state index contributed by atoms with van der Waals surface area (Å²) in [5, 5.41) is 0. The van der Waals surface area contributed by atoms with Crippen molar-refractivity contribution in [3.05, 3.63) is 71.8 Å². The molecule has 104 valence electrons. The number of aryl methyl sites for hydroxylation is 1. The number of rotatable bonds is 8. The van der Waals surface area contributed by atoms with E-state index in [1.807, 2.05) is 36.4 Å². The predicted octanol–water partition coefficient (Wildman–Crippen LogP) is 4.97. The molecule has 0 N–H and O–H groups in total. The molecule has 0 heterocycles. The summed E-state index contributed by atoms with van der Waals surface area (Å²) in [5.41, 5.74) is 2.41. The first kappa shape index (κ1) is 14.9. The molecular formula is C17H20O2P+. The van der Waals surface area contributed by atoms with Crippen molar-refractivity contribution in [2.75, 3.05) is 6.16 Å². The Balaban J connectivity index is 1.59. The fraction of sp³-hybridized carbons (Fsp3) is 0.294. The first-order chi connectivity index (χ1) is 9.84. The van der Waals surface area contributed by atoms with Crippen molar-refractivity contribution < 1.29 is 9.09 Å². The van der Waals surface area contributed by atoms with Gasteiger partial charge in [-0.2, -0.15) is 0 Å². The summed E-state index contributed by atoms with van der Waals surface area (Å²) >= 11 is 0. The van der Waals surface area contributed by atoms with Crippen molar-refractivity contribution in [3.63, 3.8) is 0 Å². The predicted molar refractivity (Wildman–Crippen MR) is 83.1 cm³/mol. The van der Waals surface area contributed by atoms with E-state index >= 15 is 0 Å². The highest BCUT2D eigenvalue weighted by molar-refractivity contribution is 7.39. The maximum Gasteiger partial charge on any atom is 0.508 e. The van der Waals surface area contributed by atoms with Crippen LogP contribution in [0.3, 0.4) is 0 Å². The van der Waals surface area contributed by atoms with E-state index in [0.29, 0.717) is 12.8 Å². The topological polar surface area (TPSA) is 26.3 Å². The van der Waals surface area contributed by atoms with E-state index in [9.17, 15) is 4.57 Å². The summed E-state index contributed by atoms with van der Waals surface area (Å²) in [6.07, 6.45) is 3.69. The molecule has 0 amide bonds. The standard InChI is InChI=1S/C17H20O2P/c18-20(19-15-17-12-5-2-6-13-17)14-8-7-11-16-9-3-1-4-10-16/h1-6,9-10,12-13H,7-8,11,14-15H2/q+1. The van der Waals surface area contributed by atoms with Crippen molar-refractivity contribution in [2.24, 2.45) is 0 Å². The van der Waals surface area contributed by atoms with E-state index in [0.717, 1.165) is 24.8 Å². The minimum atomic E-state index is -1.53. The van der Waals surface area contributed by atoms with E-state index < -0.39 is 8.03 Å². The van der Waals surface area contributed by atoms with Crippen LogP contribution in [0.5, 0.6) is 0 Å². The molecule has 2 rings (SSSR count). The van der Waals surface area contributed by atoms with Gasteiger partial charge in [-0.1, -0.05) is 60.7 Å². The molecule has 1 atom stereocenters. The van der Waals surface area contributed by atoms with Crippen molar-refractivity contribution in [2.45, 2.75) is 25.9 Å². The van der Waals surface area contributed by atoms with Crippen LogP contribution in [0.15, 0.2) is 60.7 Å². The molecule has 0 saturated carbocycles. The second kappa shape index (κ2) is 8.63. The van der Waals surface area contributed by atoms with Gasteiger partial charge < -0.3 is 0 Å². The van der Waals surface area contributed by atoms with Crippen LogP contribution in [0.25, 0.3) is 0 Å². The monoisotopic (exact) mass is 287 g/mol. The van der Waals surface area contributed by atoms with Crippen LogP contribution >= 0.6 is 8.03 Å². The van der Waals surface area contributed by atoms with E-state index in [-0.39, 0.29) is 0 Å². The number of hydrogen-bond donors (Lipinski definition) is 0. The van der Waals surface area contributed by atoms with Crippen LogP contribution in [0.1, 0.15) is 24.0 Å². The van der Waals surface area contributed by atoms with Gasteiger partial charge in [0.1, 0.15) is 6.61 Å². The highest BCUT2D eigenvalue weighted by Crippen LogP contribution is 2.26. The van der Waals surface area contributed by atoms with E-state index in [1.165, 1.54) is 5.56 Å². The Morgan fingerprint density at radius 3 is 2.05 bits per heavy atom. The van der Waals surface area contributed by atoms with Crippen molar-refractivity contribution in [1.82, 2.24) is 0 Å². The molecule has 0 radical (unpaired) electrons. The highest BCUT2D eigenvalue weighted by atomic mass is 31.1. The van der Waals surface area contributed by atoms with Gasteiger partial charge in [0.25, 0.3) is 0 Å². The van der Waals surface area contributed by atoms with Gasteiger partial charge in [0.15, 0.2) is 6.16 Å². The maximum atomic E-state index is 11.8. The molecule has 0 aromatic heterocycles. The van der Waals surface area contributed by atoms with Crippen LogP contribution in [0.2, 0.25) is 0 Å². The molecule has 0 spiro atoms. The van der Waals surface area contributed by atoms with Crippen LogP contribution in [0.4, 0.5) is 0 Å². The molecule has 0 aliphatic heterocycles. The fourth-order valence-electron chi connectivity index (χ4n) is 2.00.